The summed E-state index contributed by atoms with van der Waals surface area (Å²) in [5, 5.41) is 0. The number of rotatable bonds is 6. The highest BCUT2D eigenvalue weighted by Gasteiger charge is 1.96. The predicted octanol–water partition coefficient (Wildman–Crippen LogP) is 3.50. The van der Waals surface area contributed by atoms with E-state index in [1.165, 1.54) is 0 Å². The van der Waals surface area contributed by atoms with Gasteiger partial charge in [-0.15, -0.1) is 13.2 Å². The SMILES string of the molecule is C=CC=CCC(C=C)CC=C. The molecule has 0 rings (SSSR count). The van der Waals surface area contributed by atoms with Gasteiger partial charge in [0.05, 0.1) is 0 Å². The molecule has 0 aliphatic carbocycles. The molecule has 0 aromatic rings. The monoisotopic (exact) mass is 148 g/mol. The van der Waals surface area contributed by atoms with Gasteiger partial charge in [-0.3, -0.25) is 0 Å². The zero-order valence-corrected chi connectivity index (χ0v) is 7.00. The fraction of sp³-hybridized carbons (Fsp3) is 0.273. The minimum absolute atomic E-state index is 0.531. The summed E-state index contributed by atoms with van der Waals surface area (Å²) in [5.41, 5.74) is 0. The van der Waals surface area contributed by atoms with Crippen LogP contribution in [0, 0.1) is 5.92 Å². The quantitative estimate of drug-likeness (QED) is 0.399. The highest BCUT2D eigenvalue weighted by atomic mass is 14.0. The van der Waals surface area contributed by atoms with Crippen LogP contribution < -0.4 is 0 Å². The third-order valence-corrected chi connectivity index (χ3v) is 1.51. The van der Waals surface area contributed by atoms with Crippen molar-refractivity contribution in [3.05, 3.63) is 50.1 Å². The molecule has 0 saturated heterocycles. The normalized spacial score (nSPS) is 12.7. The Kier molecular flexibility index (Phi) is 6.40. The second-order valence-corrected chi connectivity index (χ2v) is 2.42. The molecule has 0 nitrogen and oxygen atoms in total. The highest BCUT2D eigenvalue weighted by Crippen LogP contribution is 2.10. The summed E-state index contributed by atoms with van der Waals surface area (Å²) in [6.07, 6.45) is 11.8. The smallest absolute Gasteiger partial charge is 0.0167 e. The summed E-state index contributed by atoms with van der Waals surface area (Å²) in [4.78, 5) is 0. The van der Waals surface area contributed by atoms with Crippen LogP contribution in [0.15, 0.2) is 50.1 Å². The average molecular weight is 148 g/mol. The molecule has 0 radical (unpaired) electrons. The lowest BCUT2D eigenvalue weighted by atomic mass is 10.0. The molecule has 0 aromatic heterocycles. The molecule has 0 spiro atoms. The topological polar surface area (TPSA) is 0 Å². The van der Waals surface area contributed by atoms with Crippen molar-refractivity contribution in [2.75, 3.05) is 0 Å². The average Bonchev–Trinajstić information content (AvgIpc) is 2.03. The molecular formula is C11H16. The molecule has 0 aromatic carbocycles. The third-order valence-electron chi connectivity index (χ3n) is 1.51. The Balaban J connectivity index is 3.67. The van der Waals surface area contributed by atoms with Gasteiger partial charge in [-0.05, 0) is 18.8 Å². The molecule has 11 heavy (non-hydrogen) atoms. The molecule has 1 atom stereocenters. The van der Waals surface area contributed by atoms with E-state index in [0.717, 1.165) is 12.8 Å². The van der Waals surface area contributed by atoms with Gasteiger partial charge in [0.25, 0.3) is 0 Å². The van der Waals surface area contributed by atoms with Crippen LogP contribution in [0.25, 0.3) is 0 Å². The summed E-state index contributed by atoms with van der Waals surface area (Å²) in [7, 11) is 0. The lowest BCUT2D eigenvalue weighted by Gasteiger charge is -2.04. The van der Waals surface area contributed by atoms with Crippen LogP contribution in [-0.2, 0) is 0 Å². The van der Waals surface area contributed by atoms with Crippen LogP contribution in [-0.4, -0.2) is 0 Å². The summed E-state index contributed by atoms with van der Waals surface area (Å²) < 4.78 is 0. The minimum Gasteiger partial charge on any atom is -0.103 e. The van der Waals surface area contributed by atoms with Gasteiger partial charge in [0.2, 0.25) is 0 Å². The van der Waals surface area contributed by atoms with E-state index >= 15 is 0 Å². The number of allylic oxidation sites excluding steroid dienone is 5. The van der Waals surface area contributed by atoms with E-state index < -0.39 is 0 Å². The van der Waals surface area contributed by atoms with Crippen molar-refractivity contribution in [2.24, 2.45) is 5.92 Å². The van der Waals surface area contributed by atoms with E-state index in [0.29, 0.717) is 5.92 Å². The van der Waals surface area contributed by atoms with Crippen molar-refractivity contribution in [1.82, 2.24) is 0 Å². The first kappa shape index (κ1) is 9.96. The largest absolute Gasteiger partial charge is 0.103 e. The molecule has 0 heteroatoms. The predicted molar refractivity (Wildman–Crippen MR) is 52.5 cm³/mol. The van der Waals surface area contributed by atoms with Crippen molar-refractivity contribution in [1.29, 1.82) is 0 Å². The van der Waals surface area contributed by atoms with E-state index in [1.807, 2.05) is 18.2 Å². The Labute approximate surface area is 69.6 Å². The van der Waals surface area contributed by atoms with Gasteiger partial charge >= 0.3 is 0 Å². The molecular weight excluding hydrogens is 132 g/mol. The maximum Gasteiger partial charge on any atom is -0.0167 e. The zero-order chi connectivity index (χ0) is 8.53. The second kappa shape index (κ2) is 7.07. The Morgan fingerprint density at radius 2 is 1.82 bits per heavy atom. The Bertz CT molecular complexity index is 151. The molecule has 0 aliphatic rings. The molecule has 0 fully saturated rings. The van der Waals surface area contributed by atoms with E-state index in [1.54, 1.807) is 6.08 Å². The van der Waals surface area contributed by atoms with Gasteiger partial charge in [-0.1, -0.05) is 37.0 Å². The molecule has 0 bridgehead atoms. The maximum atomic E-state index is 3.75. The Morgan fingerprint density at radius 1 is 1.09 bits per heavy atom. The van der Waals surface area contributed by atoms with Crippen LogP contribution in [0.5, 0.6) is 0 Å². The van der Waals surface area contributed by atoms with E-state index in [-0.39, 0.29) is 0 Å². The Morgan fingerprint density at radius 3 is 2.27 bits per heavy atom. The number of hydrogen-bond donors (Lipinski definition) is 0. The van der Waals surface area contributed by atoms with Gasteiger partial charge in [-0.25, -0.2) is 0 Å². The summed E-state index contributed by atoms with van der Waals surface area (Å²) in [5.74, 6) is 0.531. The summed E-state index contributed by atoms with van der Waals surface area (Å²) >= 11 is 0. The molecule has 0 amide bonds. The first-order valence-corrected chi connectivity index (χ1v) is 3.86. The van der Waals surface area contributed by atoms with Gasteiger partial charge < -0.3 is 0 Å². The highest BCUT2D eigenvalue weighted by molar-refractivity contribution is 5.00. The van der Waals surface area contributed by atoms with E-state index in [2.05, 4.69) is 25.8 Å². The van der Waals surface area contributed by atoms with Gasteiger partial charge in [0.15, 0.2) is 0 Å². The fourth-order valence-corrected chi connectivity index (χ4v) is 0.852. The molecule has 60 valence electrons. The zero-order valence-electron chi connectivity index (χ0n) is 7.00. The Hall–Kier alpha value is -1.04. The first-order chi connectivity index (χ1) is 5.35. The van der Waals surface area contributed by atoms with Crippen molar-refractivity contribution >= 4 is 0 Å². The van der Waals surface area contributed by atoms with Crippen LogP contribution >= 0.6 is 0 Å². The van der Waals surface area contributed by atoms with Crippen LogP contribution in [0.3, 0.4) is 0 Å². The number of hydrogen-bond acceptors (Lipinski definition) is 0. The third kappa shape index (κ3) is 5.41. The van der Waals surface area contributed by atoms with Crippen LogP contribution in [0.1, 0.15) is 12.8 Å². The minimum atomic E-state index is 0.531. The lowest BCUT2D eigenvalue weighted by Crippen LogP contribution is -1.90. The van der Waals surface area contributed by atoms with E-state index in [9.17, 15) is 0 Å². The van der Waals surface area contributed by atoms with Gasteiger partial charge in [0.1, 0.15) is 0 Å². The molecule has 0 saturated carbocycles. The molecule has 0 N–H and O–H groups in total. The lowest BCUT2D eigenvalue weighted by molar-refractivity contribution is 0.677. The van der Waals surface area contributed by atoms with Crippen LogP contribution in [0.2, 0.25) is 0 Å². The first-order valence-electron chi connectivity index (χ1n) is 3.86. The molecule has 1 unspecified atom stereocenters. The maximum absolute atomic E-state index is 3.75. The fourth-order valence-electron chi connectivity index (χ4n) is 0.852. The standard InChI is InChI=1S/C11H16/c1-4-7-8-10-11(6-3)9-5-2/h4-8,11H,1-3,9-10H2. The van der Waals surface area contributed by atoms with Crippen molar-refractivity contribution in [2.45, 2.75) is 12.8 Å². The van der Waals surface area contributed by atoms with Crippen molar-refractivity contribution in [3.63, 3.8) is 0 Å². The second-order valence-electron chi connectivity index (χ2n) is 2.42. The molecule has 0 aliphatic heterocycles. The van der Waals surface area contributed by atoms with Gasteiger partial charge in [-0.2, -0.15) is 0 Å². The van der Waals surface area contributed by atoms with Gasteiger partial charge in [0, 0.05) is 0 Å². The van der Waals surface area contributed by atoms with E-state index in [4.69, 9.17) is 0 Å². The van der Waals surface area contributed by atoms with Crippen LogP contribution in [0.4, 0.5) is 0 Å². The van der Waals surface area contributed by atoms with Crippen molar-refractivity contribution in [3.8, 4) is 0 Å². The van der Waals surface area contributed by atoms with Crippen molar-refractivity contribution < 1.29 is 0 Å². The summed E-state index contributed by atoms with van der Waals surface area (Å²) in [6.45, 7) is 11.0. The summed E-state index contributed by atoms with van der Waals surface area (Å²) in [6, 6.07) is 0. The molecule has 0 heterocycles.